The molecule has 0 unspecified atom stereocenters. The van der Waals surface area contributed by atoms with E-state index in [1.165, 1.54) is 42.5 Å². The summed E-state index contributed by atoms with van der Waals surface area (Å²) in [5.41, 5.74) is 0.690. The Hall–Kier alpha value is -3.99. The molecular weight excluding hydrogens is 474 g/mol. The Kier molecular flexibility index (Phi) is 7.25. The van der Waals surface area contributed by atoms with E-state index in [1.807, 2.05) is 6.07 Å². The van der Waals surface area contributed by atoms with Gasteiger partial charge in [-0.1, -0.05) is 12.1 Å². The standard InChI is InChI=1S/C24H23N3O7S/c28-23(26-16-18-5-4-14-25-24(18)33-20-7-1-2-8-20)17-10-12-21(13-11-17)34-35(31,32)22-9-3-6-19(15-22)27(29)30/h3-6,9-15,20H,1-2,7-8,16H2,(H,26,28). The van der Waals surface area contributed by atoms with Crippen LogP contribution in [-0.2, 0) is 16.7 Å². The maximum Gasteiger partial charge on any atom is 0.339 e. The molecule has 3 aromatic rings. The Balaban J connectivity index is 1.38. The Morgan fingerprint density at radius 3 is 2.54 bits per heavy atom. The number of non-ortho nitro benzene ring substituents is 1. The summed E-state index contributed by atoms with van der Waals surface area (Å²) in [6.45, 7) is 0.216. The molecule has 4 rings (SSSR count). The zero-order valence-corrected chi connectivity index (χ0v) is 19.4. The van der Waals surface area contributed by atoms with Crippen molar-refractivity contribution in [2.75, 3.05) is 0 Å². The largest absolute Gasteiger partial charge is 0.474 e. The van der Waals surface area contributed by atoms with Crippen LogP contribution in [-0.4, -0.2) is 30.3 Å². The quantitative estimate of drug-likeness (QED) is 0.266. The van der Waals surface area contributed by atoms with Gasteiger partial charge in [0.1, 0.15) is 16.7 Å². The molecule has 1 aliphatic rings. The third-order valence-corrected chi connectivity index (χ3v) is 6.75. The number of nitrogens with one attached hydrogen (secondary N) is 1. The van der Waals surface area contributed by atoms with Gasteiger partial charge < -0.3 is 14.2 Å². The van der Waals surface area contributed by atoms with Crippen molar-refractivity contribution in [1.29, 1.82) is 0 Å². The summed E-state index contributed by atoms with van der Waals surface area (Å²) in [6, 6.07) is 13.7. The first-order valence-corrected chi connectivity index (χ1v) is 12.4. The fraction of sp³-hybridized carbons (Fsp3) is 0.250. The van der Waals surface area contributed by atoms with E-state index in [9.17, 15) is 23.3 Å². The molecule has 1 fully saturated rings. The van der Waals surface area contributed by atoms with Crippen molar-refractivity contribution >= 4 is 21.7 Å². The van der Waals surface area contributed by atoms with Crippen LogP contribution in [0.5, 0.6) is 11.6 Å². The minimum Gasteiger partial charge on any atom is -0.474 e. The molecular formula is C24H23N3O7S. The Labute approximate surface area is 202 Å². The van der Waals surface area contributed by atoms with Gasteiger partial charge in [-0.2, -0.15) is 8.42 Å². The number of amides is 1. The number of nitro groups is 1. The number of nitro benzene ring substituents is 1. The molecule has 35 heavy (non-hydrogen) atoms. The van der Waals surface area contributed by atoms with E-state index in [1.54, 1.807) is 12.3 Å². The third kappa shape index (κ3) is 6.12. The molecule has 0 aliphatic heterocycles. The number of carbonyl (C=O) groups excluding carboxylic acids is 1. The van der Waals surface area contributed by atoms with Gasteiger partial charge in [-0.25, -0.2) is 4.98 Å². The van der Waals surface area contributed by atoms with Crippen LogP contribution in [0.15, 0.2) is 71.8 Å². The lowest BCUT2D eigenvalue weighted by atomic mass is 10.2. The van der Waals surface area contributed by atoms with Crippen LogP contribution in [0.2, 0.25) is 0 Å². The Morgan fingerprint density at radius 1 is 1.09 bits per heavy atom. The summed E-state index contributed by atoms with van der Waals surface area (Å²) in [7, 11) is -4.29. The molecule has 1 heterocycles. The molecule has 1 aliphatic carbocycles. The molecule has 0 spiro atoms. The maximum atomic E-state index is 12.6. The number of carbonyl (C=O) groups is 1. The zero-order chi connectivity index (χ0) is 24.8. The number of hydrogen-bond donors (Lipinski definition) is 1. The van der Waals surface area contributed by atoms with Gasteiger partial charge in [-0.15, -0.1) is 0 Å². The van der Waals surface area contributed by atoms with Crippen LogP contribution in [0.1, 0.15) is 41.6 Å². The highest BCUT2D eigenvalue weighted by atomic mass is 32.2. The molecule has 10 nitrogen and oxygen atoms in total. The van der Waals surface area contributed by atoms with Gasteiger partial charge in [0.25, 0.3) is 11.6 Å². The zero-order valence-electron chi connectivity index (χ0n) is 18.6. The first-order valence-electron chi connectivity index (χ1n) is 11.0. The van der Waals surface area contributed by atoms with Gasteiger partial charge in [0.05, 0.1) is 4.92 Å². The van der Waals surface area contributed by atoms with Gasteiger partial charge in [0.15, 0.2) is 0 Å². The number of nitrogens with zero attached hydrogens (tertiary/aromatic N) is 2. The van der Waals surface area contributed by atoms with E-state index in [-0.39, 0.29) is 34.9 Å². The van der Waals surface area contributed by atoms with Crippen LogP contribution < -0.4 is 14.2 Å². The molecule has 1 aromatic heterocycles. The number of ether oxygens (including phenoxy) is 1. The number of rotatable bonds is 9. The maximum absolute atomic E-state index is 12.6. The topological polar surface area (TPSA) is 138 Å². The summed E-state index contributed by atoms with van der Waals surface area (Å²) in [5, 5.41) is 13.7. The predicted molar refractivity (Wildman–Crippen MR) is 126 cm³/mol. The minimum absolute atomic E-state index is 0.0347. The van der Waals surface area contributed by atoms with E-state index in [2.05, 4.69) is 10.3 Å². The normalized spacial score (nSPS) is 13.8. The van der Waals surface area contributed by atoms with Gasteiger partial charge in [0, 0.05) is 36.0 Å². The fourth-order valence-electron chi connectivity index (χ4n) is 3.70. The number of aromatic nitrogens is 1. The molecule has 1 saturated carbocycles. The second-order valence-corrected chi connectivity index (χ2v) is 9.54. The minimum atomic E-state index is -4.29. The van der Waals surface area contributed by atoms with Crippen LogP contribution in [0, 0.1) is 10.1 Å². The molecule has 2 aromatic carbocycles. The van der Waals surface area contributed by atoms with E-state index in [0.717, 1.165) is 37.3 Å². The lowest BCUT2D eigenvalue weighted by Crippen LogP contribution is -2.24. The Morgan fingerprint density at radius 2 is 1.83 bits per heavy atom. The first kappa shape index (κ1) is 24.1. The second kappa shape index (κ2) is 10.5. The van der Waals surface area contributed by atoms with Gasteiger partial charge >= 0.3 is 10.1 Å². The monoisotopic (exact) mass is 497 g/mol. The van der Waals surface area contributed by atoms with Crippen molar-refractivity contribution < 1.29 is 27.1 Å². The highest BCUT2D eigenvalue weighted by molar-refractivity contribution is 7.87. The second-order valence-electron chi connectivity index (χ2n) is 7.99. The van der Waals surface area contributed by atoms with E-state index in [4.69, 9.17) is 8.92 Å². The number of benzene rings is 2. The molecule has 1 amide bonds. The predicted octanol–water partition coefficient (Wildman–Crippen LogP) is 4.01. The van der Waals surface area contributed by atoms with Crippen LogP contribution in [0.25, 0.3) is 0 Å². The summed E-state index contributed by atoms with van der Waals surface area (Å²) in [4.78, 5) is 26.8. The van der Waals surface area contributed by atoms with E-state index >= 15 is 0 Å². The summed E-state index contributed by atoms with van der Waals surface area (Å²) >= 11 is 0. The van der Waals surface area contributed by atoms with Crippen LogP contribution >= 0.6 is 0 Å². The van der Waals surface area contributed by atoms with Gasteiger partial charge in [0.2, 0.25) is 5.88 Å². The summed E-state index contributed by atoms with van der Waals surface area (Å²) in [5.74, 6) is 0.108. The summed E-state index contributed by atoms with van der Waals surface area (Å²) < 4.78 is 36.0. The molecule has 0 saturated heterocycles. The fourth-order valence-corrected chi connectivity index (χ4v) is 4.67. The average Bonchev–Trinajstić information content (AvgIpc) is 3.37. The van der Waals surface area contributed by atoms with Gasteiger partial charge in [-0.05, 0) is 62.1 Å². The van der Waals surface area contributed by atoms with Crippen LogP contribution in [0.3, 0.4) is 0 Å². The van der Waals surface area contributed by atoms with E-state index < -0.39 is 15.0 Å². The lowest BCUT2D eigenvalue weighted by molar-refractivity contribution is -0.385. The molecule has 182 valence electrons. The smallest absolute Gasteiger partial charge is 0.339 e. The van der Waals surface area contributed by atoms with Crippen molar-refractivity contribution in [2.45, 2.75) is 43.2 Å². The summed E-state index contributed by atoms with van der Waals surface area (Å²) in [6.07, 6.45) is 6.05. The van der Waals surface area contributed by atoms with Crippen molar-refractivity contribution in [3.8, 4) is 11.6 Å². The highest BCUT2D eigenvalue weighted by Crippen LogP contribution is 2.25. The van der Waals surface area contributed by atoms with Crippen LogP contribution in [0.4, 0.5) is 5.69 Å². The Bertz CT molecular complexity index is 1320. The SMILES string of the molecule is O=C(NCc1cccnc1OC1CCCC1)c1ccc(OS(=O)(=O)c2cccc([N+](=O)[O-])c2)cc1. The number of pyridine rings is 1. The molecule has 1 N–H and O–H groups in total. The number of hydrogen-bond acceptors (Lipinski definition) is 8. The molecule has 0 atom stereocenters. The molecule has 0 bridgehead atoms. The van der Waals surface area contributed by atoms with Gasteiger partial charge in [-0.3, -0.25) is 14.9 Å². The van der Waals surface area contributed by atoms with Crippen molar-refractivity contribution in [3.63, 3.8) is 0 Å². The third-order valence-electron chi connectivity index (χ3n) is 5.51. The van der Waals surface area contributed by atoms with Crippen molar-refractivity contribution in [2.24, 2.45) is 0 Å². The highest BCUT2D eigenvalue weighted by Gasteiger charge is 2.21. The molecule has 0 radical (unpaired) electrons. The van der Waals surface area contributed by atoms with Crippen molar-refractivity contribution in [3.05, 3.63) is 88.1 Å². The molecule has 11 heteroatoms. The van der Waals surface area contributed by atoms with E-state index in [0.29, 0.717) is 11.4 Å². The average molecular weight is 498 g/mol. The lowest BCUT2D eigenvalue weighted by Gasteiger charge is -2.15. The van der Waals surface area contributed by atoms with Crippen molar-refractivity contribution in [1.82, 2.24) is 10.3 Å². The first-order chi connectivity index (χ1) is 16.8.